The first kappa shape index (κ1) is 20.6. The Hall–Kier alpha value is -4.25. The number of nitrogens with zero attached hydrogens (tertiary/aromatic N) is 4. The molecule has 0 spiro atoms. The molecule has 0 unspecified atom stereocenters. The number of fused-ring (bicyclic) bond motifs is 1. The first-order valence-electron chi connectivity index (χ1n) is 10.9. The second-order valence-electron chi connectivity index (χ2n) is 8.14. The number of carbonyl (C=O) groups excluding carboxylic acids is 1. The summed E-state index contributed by atoms with van der Waals surface area (Å²) < 4.78 is 1.64. The van der Waals surface area contributed by atoms with Crippen molar-refractivity contribution in [3.8, 4) is 11.1 Å². The predicted molar refractivity (Wildman–Crippen MR) is 132 cm³/mol. The highest BCUT2D eigenvalue weighted by Crippen LogP contribution is 2.27. The topological polar surface area (TPSA) is 51.0 Å². The van der Waals surface area contributed by atoms with Crippen LogP contribution < -0.4 is 4.90 Å². The van der Waals surface area contributed by atoms with E-state index in [9.17, 15) is 4.79 Å². The normalized spacial score (nSPS) is 11.0. The molecule has 33 heavy (non-hydrogen) atoms. The van der Waals surface area contributed by atoms with Crippen LogP contribution in [0.4, 0.5) is 5.69 Å². The van der Waals surface area contributed by atoms with Crippen molar-refractivity contribution in [3.63, 3.8) is 0 Å². The van der Waals surface area contributed by atoms with Gasteiger partial charge in [0, 0.05) is 24.3 Å². The Morgan fingerprint density at radius 2 is 1.64 bits per heavy atom. The molecule has 1 amide bonds. The third-order valence-corrected chi connectivity index (χ3v) is 5.72. The summed E-state index contributed by atoms with van der Waals surface area (Å²) in [5.74, 6) is -0.100. The molecule has 0 N–H and O–H groups in total. The molecule has 162 valence electrons. The molecular formula is C28H24N4O. The maximum atomic E-state index is 13.7. The SMILES string of the molecule is Cc1cc(C(=O)N(Cc2cnc3ccccc3c2)c2cccc(-c3ccccc3)c2)n(C)n1. The van der Waals surface area contributed by atoms with Gasteiger partial charge in [0.15, 0.2) is 0 Å². The van der Waals surface area contributed by atoms with Gasteiger partial charge in [-0.2, -0.15) is 5.10 Å². The van der Waals surface area contributed by atoms with Gasteiger partial charge in [0.25, 0.3) is 5.91 Å². The first-order valence-corrected chi connectivity index (χ1v) is 10.9. The van der Waals surface area contributed by atoms with Crippen molar-refractivity contribution in [1.82, 2.24) is 14.8 Å². The third kappa shape index (κ3) is 4.26. The molecule has 5 aromatic rings. The summed E-state index contributed by atoms with van der Waals surface area (Å²) in [6.07, 6.45) is 1.85. The van der Waals surface area contributed by atoms with E-state index in [1.54, 1.807) is 16.6 Å². The highest BCUT2D eigenvalue weighted by Gasteiger charge is 2.22. The highest BCUT2D eigenvalue weighted by molar-refractivity contribution is 6.05. The number of hydrogen-bond donors (Lipinski definition) is 0. The Balaban J connectivity index is 1.58. The quantitative estimate of drug-likeness (QED) is 0.353. The zero-order valence-electron chi connectivity index (χ0n) is 18.6. The summed E-state index contributed by atoms with van der Waals surface area (Å²) in [4.78, 5) is 20.1. The summed E-state index contributed by atoms with van der Waals surface area (Å²) in [6.45, 7) is 2.30. The number of amides is 1. The average molecular weight is 433 g/mol. The lowest BCUT2D eigenvalue weighted by Gasteiger charge is -2.24. The lowest BCUT2D eigenvalue weighted by Crippen LogP contribution is -2.32. The zero-order valence-corrected chi connectivity index (χ0v) is 18.6. The second-order valence-corrected chi connectivity index (χ2v) is 8.14. The number of aromatic nitrogens is 3. The zero-order chi connectivity index (χ0) is 22.8. The van der Waals surface area contributed by atoms with E-state index in [0.717, 1.165) is 39.0 Å². The maximum absolute atomic E-state index is 13.7. The van der Waals surface area contributed by atoms with Crippen molar-refractivity contribution in [2.75, 3.05) is 4.90 Å². The van der Waals surface area contributed by atoms with E-state index in [0.29, 0.717) is 12.2 Å². The first-order chi connectivity index (χ1) is 16.1. The lowest BCUT2D eigenvalue weighted by molar-refractivity contribution is 0.0976. The van der Waals surface area contributed by atoms with Crippen molar-refractivity contribution < 1.29 is 4.79 Å². The van der Waals surface area contributed by atoms with Crippen molar-refractivity contribution in [3.05, 3.63) is 114 Å². The molecule has 0 aliphatic carbocycles. The molecule has 3 aromatic carbocycles. The Morgan fingerprint density at radius 3 is 2.42 bits per heavy atom. The van der Waals surface area contributed by atoms with Crippen LogP contribution in [-0.2, 0) is 13.6 Å². The standard InChI is InChI=1S/C28H24N4O/c1-20-15-27(31(2)30-20)28(33)32(19-21-16-24-11-6-7-14-26(24)29-18-21)25-13-8-12-23(17-25)22-9-4-3-5-10-22/h3-18H,19H2,1-2H3. The van der Waals surface area contributed by atoms with Gasteiger partial charge in [-0.25, -0.2) is 0 Å². The fourth-order valence-corrected chi connectivity index (χ4v) is 4.10. The maximum Gasteiger partial charge on any atom is 0.276 e. The summed E-state index contributed by atoms with van der Waals surface area (Å²) in [5, 5.41) is 5.43. The number of carbonyl (C=O) groups is 1. The lowest BCUT2D eigenvalue weighted by atomic mass is 10.0. The predicted octanol–water partition coefficient (Wildman–Crippen LogP) is 5.79. The Kier molecular flexibility index (Phi) is 5.45. The van der Waals surface area contributed by atoms with Gasteiger partial charge in [-0.3, -0.25) is 14.5 Å². The Bertz CT molecular complexity index is 1440. The fourth-order valence-electron chi connectivity index (χ4n) is 4.10. The van der Waals surface area contributed by atoms with Gasteiger partial charge in [-0.1, -0.05) is 60.7 Å². The van der Waals surface area contributed by atoms with Crippen LogP contribution >= 0.6 is 0 Å². The van der Waals surface area contributed by atoms with E-state index >= 15 is 0 Å². The van der Waals surface area contributed by atoms with Crippen molar-refractivity contribution in [1.29, 1.82) is 0 Å². The second kappa shape index (κ2) is 8.71. The van der Waals surface area contributed by atoms with Gasteiger partial charge in [0.05, 0.1) is 17.8 Å². The van der Waals surface area contributed by atoms with Crippen LogP contribution in [0, 0.1) is 6.92 Å². The van der Waals surface area contributed by atoms with E-state index in [2.05, 4.69) is 40.4 Å². The molecule has 2 heterocycles. The molecule has 0 aliphatic heterocycles. The highest BCUT2D eigenvalue weighted by atomic mass is 16.2. The van der Waals surface area contributed by atoms with Crippen LogP contribution in [0.1, 0.15) is 21.7 Å². The summed E-state index contributed by atoms with van der Waals surface area (Å²) >= 11 is 0. The van der Waals surface area contributed by atoms with Crippen molar-refractivity contribution in [2.24, 2.45) is 7.05 Å². The molecule has 0 aliphatic rings. The molecule has 0 fully saturated rings. The molecule has 0 atom stereocenters. The minimum atomic E-state index is -0.100. The number of hydrogen-bond acceptors (Lipinski definition) is 3. The number of benzene rings is 3. The van der Waals surface area contributed by atoms with Crippen LogP contribution in [0.5, 0.6) is 0 Å². The average Bonchev–Trinajstić information content (AvgIpc) is 3.20. The fraction of sp³-hybridized carbons (Fsp3) is 0.107. The molecule has 0 radical (unpaired) electrons. The van der Waals surface area contributed by atoms with E-state index in [1.807, 2.05) is 73.8 Å². The largest absolute Gasteiger partial charge is 0.303 e. The molecule has 2 aromatic heterocycles. The van der Waals surface area contributed by atoms with Gasteiger partial charge in [0.1, 0.15) is 5.69 Å². The molecule has 5 nitrogen and oxygen atoms in total. The van der Waals surface area contributed by atoms with E-state index in [4.69, 9.17) is 0 Å². The number of rotatable bonds is 5. The molecular weight excluding hydrogens is 408 g/mol. The van der Waals surface area contributed by atoms with Gasteiger partial charge < -0.3 is 4.90 Å². The molecule has 0 saturated heterocycles. The minimum absolute atomic E-state index is 0.100. The number of para-hydroxylation sites is 1. The summed E-state index contributed by atoms with van der Waals surface area (Å²) in [7, 11) is 1.80. The van der Waals surface area contributed by atoms with E-state index < -0.39 is 0 Å². The van der Waals surface area contributed by atoms with E-state index in [-0.39, 0.29) is 5.91 Å². The van der Waals surface area contributed by atoms with Crippen molar-refractivity contribution in [2.45, 2.75) is 13.5 Å². The van der Waals surface area contributed by atoms with Crippen LogP contribution in [0.3, 0.4) is 0 Å². The Morgan fingerprint density at radius 1 is 0.879 bits per heavy atom. The smallest absolute Gasteiger partial charge is 0.276 e. The van der Waals surface area contributed by atoms with Crippen LogP contribution in [0.15, 0.2) is 97.2 Å². The van der Waals surface area contributed by atoms with Gasteiger partial charge >= 0.3 is 0 Å². The minimum Gasteiger partial charge on any atom is -0.303 e. The van der Waals surface area contributed by atoms with Gasteiger partial charge in [0.2, 0.25) is 0 Å². The number of pyridine rings is 1. The molecule has 0 saturated carbocycles. The summed E-state index contributed by atoms with van der Waals surface area (Å²) in [6, 6.07) is 30.2. The van der Waals surface area contributed by atoms with E-state index in [1.165, 1.54) is 0 Å². The monoisotopic (exact) mass is 432 g/mol. The van der Waals surface area contributed by atoms with Crippen molar-refractivity contribution >= 4 is 22.5 Å². The van der Waals surface area contributed by atoms with Gasteiger partial charge in [-0.05, 0) is 53.9 Å². The number of aryl methyl sites for hydroxylation is 2. The third-order valence-electron chi connectivity index (χ3n) is 5.72. The molecule has 5 heteroatoms. The summed E-state index contributed by atoms with van der Waals surface area (Å²) in [5.41, 5.74) is 6.25. The van der Waals surface area contributed by atoms with Crippen LogP contribution in [-0.4, -0.2) is 20.7 Å². The Labute approximate surface area is 192 Å². The number of anilines is 1. The van der Waals surface area contributed by atoms with Crippen LogP contribution in [0.25, 0.3) is 22.0 Å². The molecule has 0 bridgehead atoms. The van der Waals surface area contributed by atoms with Gasteiger partial charge in [-0.15, -0.1) is 0 Å². The van der Waals surface area contributed by atoms with Crippen LogP contribution in [0.2, 0.25) is 0 Å². The molecule has 5 rings (SSSR count).